The maximum absolute atomic E-state index is 13.1. The Morgan fingerprint density at radius 2 is 1.86 bits per heavy atom. The van der Waals surface area contributed by atoms with Crippen molar-refractivity contribution in [1.29, 1.82) is 0 Å². The first-order chi connectivity index (χ1) is 13.1. The second kappa shape index (κ2) is 8.94. The van der Waals surface area contributed by atoms with Crippen molar-refractivity contribution in [2.24, 2.45) is 0 Å². The Labute approximate surface area is 163 Å². The third kappa shape index (κ3) is 5.86. The average molecular weight is 408 g/mol. The molecular weight excluding hydrogens is 387 g/mol. The number of halogens is 1. The molecule has 0 saturated carbocycles. The summed E-state index contributed by atoms with van der Waals surface area (Å²) in [6.07, 6.45) is -1.19. The summed E-state index contributed by atoms with van der Waals surface area (Å²) in [5.41, 5.74) is 1.51. The molecule has 0 fully saturated rings. The van der Waals surface area contributed by atoms with Crippen LogP contribution in [0.3, 0.4) is 0 Å². The normalized spacial score (nSPS) is 12.3. The van der Waals surface area contributed by atoms with E-state index in [1.165, 1.54) is 31.2 Å². The summed E-state index contributed by atoms with van der Waals surface area (Å²) in [5.74, 6) is -2.12. The van der Waals surface area contributed by atoms with Crippen LogP contribution in [0.25, 0.3) is 0 Å². The number of sulfonamides is 1. The number of hydrogen-bond donors (Lipinski definition) is 2. The number of ether oxygens (including phenoxy) is 1. The maximum atomic E-state index is 13.1. The SMILES string of the molecule is Cc1ccc(C)c(S(=O)(=O)NCC(=O)O[C@@H](C)C(=O)Nc2cccc(F)c2)c1. The Bertz CT molecular complexity index is 992. The minimum absolute atomic E-state index is 0.0668. The van der Waals surface area contributed by atoms with Crippen LogP contribution in [0.15, 0.2) is 47.4 Å². The van der Waals surface area contributed by atoms with E-state index in [0.717, 1.165) is 11.6 Å². The van der Waals surface area contributed by atoms with Gasteiger partial charge in [-0.25, -0.2) is 12.8 Å². The molecular formula is C19H21FN2O5S. The van der Waals surface area contributed by atoms with E-state index in [4.69, 9.17) is 4.74 Å². The van der Waals surface area contributed by atoms with Crippen molar-refractivity contribution in [3.8, 4) is 0 Å². The Morgan fingerprint density at radius 1 is 1.14 bits per heavy atom. The lowest BCUT2D eigenvalue weighted by Crippen LogP contribution is -2.36. The van der Waals surface area contributed by atoms with Crippen LogP contribution in [0.1, 0.15) is 18.1 Å². The topological polar surface area (TPSA) is 102 Å². The number of rotatable bonds is 7. The molecule has 9 heteroatoms. The van der Waals surface area contributed by atoms with E-state index >= 15 is 0 Å². The van der Waals surface area contributed by atoms with Gasteiger partial charge in [-0.2, -0.15) is 4.72 Å². The summed E-state index contributed by atoms with van der Waals surface area (Å²) in [7, 11) is -3.91. The Morgan fingerprint density at radius 3 is 2.54 bits per heavy atom. The molecule has 0 aliphatic heterocycles. The van der Waals surface area contributed by atoms with Gasteiger partial charge in [-0.15, -0.1) is 0 Å². The van der Waals surface area contributed by atoms with Gasteiger partial charge >= 0.3 is 5.97 Å². The molecule has 7 nitrogen and oxygen atoms in total. The van der Waals surface area contributed by atoms with Crippen molar-refractivity contribution in [2.45, 2.75) is 31.8 Å². The lowest BCUT2D eigenvalue weighted by Gasteiger charge is -2.14. The molecule has 1 amide bonds. The van der Waals surface area contributed by atoms with Gasteiger partial charge in [0.15, 0.2) is 6.10 Å². The molecule has 0 heterocycles. The molecule has 2 N–H and O–H groups in total. The van der Waals surface area contributed by atoms with E-state index in [-0.39, 0.29) is 10.6 Å². The molecule has 0 radical (unpaired) electrons. The number of nitrogens with one attached hydrogen (secondary N) is 2. The highest BCUT2D eigenvalue weighted by Crippen LogP contribution is 2.16. The Kier molecular flexibility index (Phi) is 6.87. The third-order valence-electron chi connectivity index (χ3n) is 3.81. The van der Waals surface area contributed by atoms with Gasteiger partial charge in [0, 0.05) is 5.69 Å². The standard InChI is InChI=1S/C19H21FN2O5S/c1-12-7-8-13(2)17(9-12)28(25,26)21-11-18(23)27-14(3)19(24)22-16-6-4-5-15(20)10-16/h4-10,14,21H,11H2,1-3H3,(H,22,24)/t14-/m0/s1. The molecule has 1 atom stereocenters. The molecule has 0 aromatic heterocycles. The van der Waals surface area contributed by atoms with Crippen LogP contribution in [0, 0.1) is 19.7 Å². The molecule has 0 spiro atoms. The summed E-state index contributed by atoms with van der Waals surface area (Å²) in [4.78, 5) is 24.0. The van der Waals surface area contributed by atoms with Crippen molar-refractivity contribution in [1.82, 2.24) is 4.72 Å². The number of carbonyl (C=O) groups is 2. The Hall–Kier alpha value is -2.78. The fraction of sp³-hybridized carbons (Fsp3) is 0.263. The van der Waals surface area contributed by atoms with Crippen molar-refractivity contribution in [2.75, 3.05) is 11.9 Å². The van der Waals surface area contributed by atoms with Gasteiger partial charge in [0.2, 0.25) is 10.0 Å². The molecule has 2 rings (SSSR count). The summed E-state index contributed by atoms with van der Waals surface area (Å²) < 4.78 is 45.0. The molecule has 150 valence electrons. The van der Waals surface area contributed by atoms with Gasteiger partial charge in [0.25, 0.3) is 5.91 Å². The predicted molar refractivity (Wildman–Crippen MR) is 102 cm³/mol. The number of carbonyl (C=O) groups excluding carboxylic acids is 2. The largest absolute Gasteiger partial charge is 0.452 e. The van der Waals surface area contributed by atoms with Crippen LogP contribution >= 0.6 is 0 Å². The van der Waals surface area contributed by atoms with Crippen LogP contribution in [-0.4, -0.2) is 32.9 Å². The van der Waals surface area contributed by atoms with Crippen LogP contribution in [-0.2, 0) is 24.3 Å². The highest BCUT2D eigenvalue weighted by Gasteiger charge is 2.22. The van der Waals surface area contributed by atoms with Crippen LogP contribution in [0.5, 0.6) is 0 Å². The average Bonchev–Trinajstić information content (AvgIpc) is 2.62. The number of aryl methyl sites for hydroxylation is 2. The van der Waals surface area contributed by atoms with Crippen molar-refractivity contribution >= 4 is 27.6 Å². The van der Waals surface area contributed by atoms with E-state index in [2.05, 4.69) is 10.0 Å². The van der Waals surface area contributed by atoms with Gasteiger partial charge < -0.3 is 10.1 Å². The van der Waals surface area contributed by atoms with Crippen LogP contribution < -0.4 is 10.0 Å². The molecule has 0 saturated heterocycles. The maximum Gasteiger partial charge on any atom is 0.321 e. The third-order valence-corrected chi connectivity index (χ3v) is 5.35. The lowest BCUT2D eigenvalue weighted by molar-refractivity contribution is -0.151. The second-order valence-electron chi connectivity index (χ2n) is 6.23. The number of anilines is 1. The number of benzene rings is 2. The van der Waals surface area contributed by atoms with E-state index in [0.29, 0.717) is 5.56 Å². The van der Waals surface area contributed by atoms with Gasteiger partial charge in [-0.05, 0) is 56.2 Å². The van der Waals surface area contributed by atoms with E-state index in [9.17, 15) is 22.4 Å². The smallest absolute Gasteiger partial charge is 0.321 e. The highest BCUT2D eigenvalue weighted by atomic mass is 32.2. The van der Waals surface area contributed by atoms with E-state index in [1.54, 1.807) is 26.0 Å². The quantitative estimate of drug-likeness (QED) is 0.685. The lowest BCUT2D eigenvalue weighted by atomic mass is 10.2. The number of amides is 1. The zero-order valence-corrected chi connectivity index (χ0v) is 16.5. The van der Waals surface area contributed by atoms with Gasteiger partial charge in [-0.1, -0.05) is 18.2 Å². The predicted octanol–water partition coefficient (Wildman–Crippen LogP) is 2.29. The molecule has 28 heavy (non-hydrogen) atoms. The highest BCUT2D eigenvalue weighted by molar-refractivity contribution is 7.89. The van der Waals surface area contributed by atoms with Gasteiger partial charge in [0.1, 0.15) is 12.4 Å². The molecule has 0 bridgehead atoms. The van der Waals surface area contributed by atoms with Crippen LogP contribution in [0.2, 0.25) is 0 Å². The van der Waals surface area contributed by atoms with Crippen molar-refractivity contribution < 1.29 is 27.1 Å². The summed E-state index contributed by atoms with van der Waals surface area (Å²) >= 11 is 0. The first-order valence-corrected chi connectivity index (χ1v) is 9.89. The summed E-state index contributed by atoms with van der Waals surface area (Å²) in [6, 6.07) is 10.2. The minimum atomic E-state index is -3.91. The fourth-order valence-corrected chi connectivity index (χ4v) is 3.63. The molecule has 2 aromatic rings. The first kappa shape index (κ1) is 21.5. The van der Waals surface area contributed by atoms with E-state index in [1.807, 2.05) is 0 Å². The summed E-state index contributed by atoms with van der Waals surface area (Å²) in [6.45, 7) is 4.09. The van der Waals surface area contributed by atoms with Gasteiger partial charge in [-0.3, -0.25) is 9.59 Å². The second-order valence-corrected chi connectivity index (χ2v) is 7.96. The number of hydrogen-bond acceptors (Lipinski definition) is 5. The molecule has 0 aliphatic carbocycles. The fourth-order valence-electron chi connectivity index (χ4n) is 2.33. The zero-order valence-electron chi connectivity index (χ0n) is 15.7. The molecule has 0 unspecified atom stereocenters. The minimum Gasteiger partial charge on any atom is -0.452 e. The van der Waals surface area contributed by atoms with Crippen molar-refractivity contribution in [3.63, 3.8) is 0 Å². The monoisotopic (exact) mass is 408 g/mol. The number of esters is 1. The molecule has 0 aliphatic rings. The Balaban J connectivity index is 1.92. The van der Waals surface area contributed by atoms with Gasteiger partial charge in [0.05, 0.1) is 4.90 Å². The first-order valence-electron chi connectivity index (χ1n) is 8.41. The molecule has 2 aromatic carbocycles. The van der Waals surface area contributed by atoms with Crippen LogP contribution in [0.4, 0.5) is 10.1 Å². The zero-order chi connectivity index (χ0) is 20.9. The summed E-state index contributed by atoms with van der Waals surface area (Å²) in [5, 5.41) is 2.40. The van der Waals surface area contributed by atoms with Crippen molar-refractivity contribution in [3.05, 3.63) is 59.4 Å². The van der Waals surface area contributed by atoms with E-state index < -0.39 is 40.4 Å².